The predicted molar refractivity (Wildman–Crippen MR) is 110 cm³/mol. The summed E-state index contributed by atoms with van der Waals surface area (Å²) in [6, 6.07) is 11.0. The number of carbonyl (C=O) groups excluding carboxylic acids is 3. The van der Waals surface area contributed by atoms with E-state index >= 15 is 0 Å². The van der Waals surface area contributed by atoms with E-state index < -0.39 is 0 Å². The normalized spacial score (nSPS) is 10.3. The number of nitrogens with zero attached hydrogens (tertiary/aromatic N) is 1. The van der Waals surface area contributed by atoms with Gasteiger partial charge in [0.2, 0.25) is 11.8 Å². The van der Waals surface area contributed by atoms with E-state index in [1.165, 1.54) is 11.8 Å². The molecule has 0 heterocycles. The average molecular weight is 381 g/mol. The minimum Gasteiger partial charge on any atom is -0.352 e. The van der Waals surface area contributed by atoms with Crippen LogP contribution < -0.4 is 10.6 Å². The highest BCUT2D eigenvalue weighted by molar-refractivity contribution is 5.99. The first-order valence-electron chi connectivity index (χ1n) is 9.14. The Kier molecular flexibility index (Phi) is 6.93. The molecule has 0 aliphatic heterocycles. The van der Waals surface area contributed by atoms with Gasteiger partial charge < -0.3 is 15.5 Å². The van der Waals surface area contributed by atoms with Crippen molar-refractivity contribution in [2.45, 2.75) is 34.2 Å². The molecule has 0 aromatic heterocycles. The molecule has 3 amide bonds. The number of aryl methyl sites for hydroxylation is 3. The van der Waals surface area contributed by atoms with Gasteiger partial charge in [-0.2, -0.15) is 0 Å². The Hall–Kier alpha value is -3.15. The van der Waals surface area contributed by atoms with Gasteiger partial charge in [0.05, 0.1) is 6.54 Å². The number of likely N-dealkylation sites (N-methyl/N-ethyl adjacent to an activating group) is 1. The second kappa shape index (κ2) is 9.17. The molecule has 2 rings (SSSR count). The van der Waals surface area contributed by atoms with Gasteiger partial charge in [-0.3, -0.25) is 14.4 Å². The van der Waals surface area contributed by atoms with Crippen LogP contribution >= 0.6 is 0 Å². The minimum absolute atomic E-state index is 0.0424. The van der Waals surface area contributed by atoms with Crippen LogP contribution in [0.1, 0.15) is 39.5 Å². The van der Waals surface area contributed by atoms with E-state index in [0.29, 0.717) is 12.1 Å². The standard InChI is InChI=1S/C22H27N3O3/c1-14-10-15(2)21(16(3)11-14)24-20(27)13-25(5)22(28)19-8-6-18(7-9-19)12-23-17(4)26/h6-11H,12-13H2,1-5H3,(H,23,26)(H,24,27). The third kappa shape index (κ3) is 5.67. The monoisotopic (exact) mass is 381 g/mol. The Bertz CT molecular complexity index is 865. The molecule has 28 heavy (non-hydrogen) atoms. The van der Waals surface area contributed by atoms with E-state index in [0.717, 1.165) is 27.9 Å². The lowest BCUT2D eigenvalue weighted by atomic mass is 10.1. The lowest BCUT2D eigenvalue weighted by Crippen LogP contribution is -2.35. The number of amides is 3. The van der Waals surface area contributed by atoms with Gasteiger partial charge in [0.25, 0.3) is 5.91 Å². The molecule has 0 aliphatic carbocycles. The maximum atomic E-state index is 12.6. The van der Waals surface area contributed by atoms with Crippen molar-refractivity contribution in [3.8, 4) is 0 Å². The summed E-state index contributed by atoms with van der Waals surface area (Å²) in [6.07, 6.45) is 0. The van der Waals surface area contributed by atoms with E-state index in [9.17, 15) is 14.4 Å². The number of hydrogen-bond acceptors (Lipinski definition) is 3. The van der Waals surface area contributed by atoms with Gasteiger partial charge in [-0.25, -0.2) is 0 Å². The molecule has 2 aromatic carbocycles. The van der Waals surface area contributed by atoms with Gasteiger partial charge in [-0.1, -0.05) is 29.8 Å². The van der Waals surface area contributed by atoms with Gasteiger partial charge in [0.1, 0.15) is 0 Å². The topological polar surface area (TPSA) is 78.5 Å². The number of nitrogens with one attached hydrogen (secondary N) is 2. The first-order chi connectivity index (χ1) is 13.2. The van der Waals surface area contributed by atoms with Crippen molar-refractivity contribution in [2.75, 3.05) is 18.9 Å². The maximum Gasteiger partial charge on any atom is 0.254 e. The summed E-state index contributed by atoms with van der Waals surface area (Å²) in [6.45, 7) is 7.74. The Morgan fingerprint density at radius 1 is 0.964 bits per heavy atom. The van der Waals surface area contributed by atoms with Crippen LogP contribution in [-0.4, -0.2) is 36.2 Å². The first kappa shape index (κ1) is 21.2. The van der Waals surface area contributed by atoms with Crippen molar-refractivity contribution in [1.29, 1.82) is 0 Å². The van der Waals surface area contributed by atoms with Gasteiger partial charge in [-0.05, 0) is 49.6 Å². The van der Waals surface area contributed by atoms with Crippen LogP contribution in [0.15, 0.2) is 36.4 Å². The van der Waals surface area contributed by atoms with Crippen molar-refractivity contribution in [2.24, 2.45) is 0 Å². The lowest BCUT2D eigenvalue weighted by Gasteiger charge is -2.18. The number of benzene rings is 2. The Balaban J connectivity index is 1.98. The summed E-state index contributed by atoms with van der Waals surface area (Å²) in [4.78, 5) is 37.3. The van der Waals surface area contributed by atoms with Crippen LogP contribution in [0.4, 0.5) is 5.69 Å². The number of carbonyl (C=O) groups is 3. The predicted octanol–water partition coefficient (Wildman–Crippen LogP) is 2.96. The molecule has 2 aromatic rings. The molecular formula is C22H27N3O3. The molecule has 0 fully saturated rings. The highest BCUT2D eigenvalue weighted by Crippen LogP contribution is 2.21. The van der Waals surface area contributed by atoms with Crippen LogP contribution in [0.5, 0.6) is 0 Å². The summed E-state index contributed by atoms with van der Waals surface area (Å²) < 4.78 is 0. The van der Waals surface area contributed by atoms with Crippen molar-refractivity contribution in [3.63, 3.8) is 0 Å². The fourth-order valence-electron chi connectivity index (χ4n) is 3.06. The third-order valence-corrected chi connectivity index (χ3v) is 4.41. The van der Waals surface area contributed by atoms with Crippen molar-refractivity contribution < 1.29 is 14.4 Å². The molecule has 6 heteroatoms. The molecule has 148 valence electrons. The van der Waals surface area contributed by atoms with E-state index in [4.69, 9.17) is 0 Å². The lowest BCUT2D eigenvalue weighted by molar-refractivity contribution is -0.119. The zero-order valence-electron chi connectivity index (χ0n) is 17.1. The van der Waals surface area contributed by atoms with Gasteiger partial charge >= 0.3 is 0 Å². The molecule has 0 saturated heterocycles. The van der Waals surface area contributed by atoms with Crippen molar-refractivity contribution >= 4 is 23.4 Å². The molecule has 0 saturated carbocycles. The van der Waals surface area contributed by atoms with Crippen LogP contribution in [0.3, 0.4) is 0 Å². The largest absolute Gasteiger partial charge is 0.352 e. The fourth-order valence-corrected chi connectivity index (χ4v) is 3.06. The molecule has 6 nitrogen and oxygen atoms in total. The van der Waals surface area contributed by atoms with E-state index in [1.54, 1.807) is 31.3 Å². The van der Waals surface area contributed by atoms with Crippen LogP contribution in [0, 0.1) is 20.8 Å². The van der Waals surface area contributed by atoms with Crippen molar-refractivity contribution in [3.05, 3.63) is 64.2 Å². The minimum atomic E-state index is -0.242. The van der Waals surface area contributed by atoms with Gasteiger partial charge in [-0.15, -0.1) is 0 Å². The Morgan fingerprint density at radius 2 is 1.54 bits per heavy atom. The second-order valence-corrected chi connectivity index (χ2v) is 7.09. The summed E-state index contributed by atoms with van der Waals surface area (Å²) in [5.41, 5.74) is 5.31. The molecule has 0 radical (unpaired) electrons. The summed E-state index contributed by atoms with van der Waals surface area (Å²) in [5, 5.41) is 5.61. The first-order valence-corrected chi connectivity index (χ1v) is 9.14. The van der Waals surface area contributed by atoms with Gasteiger partial charge in [0, 0.05) is 31.8 Å². The van der Waals surface area contributed by atoms with E-state index in [-0.39, 0.29) is 24.3 Å². The average Bonchev–Trinajstić information content (AvgIpc) is 2.62. The quantitative estimate of drug-likeness (QED) is 0.807. The second-order valence-electron chi connectivity index (χ2n) is 7.09. The van der Waals surface area contributed by atoms with Gasteiger partial charge in [0.15, 0.2) is 0 Å². The maximum absolute atomic E-state index is 12.6. The smallest absolute Gasteiger partial charge is 0.254 e. The summed E-state index contributed by atoms with van der Waals surface area (Å²) >= 11 is 0. The molecule has 0 unspecified atom stereocenters. The molecular weight excluding hydrogens is 354 g/mol. The third-order valence-electron chi connectivity index (χ3n) is 4.41. The Labute approximate surface area is 165 Å². The fraction of sp³-hybridized carbons (Fsp3) is 0.318. The highest BCUT2D eigenvalue weighted by Gasteiger charge is 2.16. The molecule has 0 bridgehead atoms. The van der Waals surface area contributed by atoms with E-state index in [2.05, 4.69) is 10.6 Å². The molecule has 0 atom stereocenters. The summed E-state index contributed by atoms with van der Waals surface area (Å²) in [7, 11) is 1.60. The molecule has 0 aliphatic rings. The van der Waals surface area contributed by atoms with Crippen LogP contribution in [0.2, 0.25) is 0 Å². The van der Waals surface area contributed by atoms with E-state index in [1.807, 2.05) is 32.9 Å². The molecule has 2 N–H and O–H groups in total. The van der Waals surface area contributed by atoms with Crippen molar-refractivity contribution in [1.82, 2.24) is 10.2 Å². The zero-order valence-corrected chi connectivity index (χ0v) is 17.1. The SMILES string of the molecule is CC(=O)NCc1ccc(C(=O)N(C)CC(=O)Nc2c(C)cc(C)cc2C)cc1. The Morgan fingerprint density at radius 3 is 2.07 bits per heavy atom. The number of rotatable bonds is 6. The van der Waals surface area contributed by atoms with Crippen LogP contribution in [0.25, 0.3) is 0 Å². The highest BCUT2D eigenvalue weighted by atomic mass is 16.2. The zero-order chi connectivity index (χ0) is 20.8. The molecule has 0 spiro atoms. The summed E-state index contributed by atoms with van der Waals surface area (Å²) in [5.74, 6) is -0.586. The van der Waals surface area contributed by atoms with Crippen LogP contribution in [-0.2, 0) is 16.1 Å². The number of hydrogen-bond donors (Lipinski definition) is 2. The number of anilines is 1.